The van der Waals surface area contributed by atoms with Crippen LogP contribution in [-0.4, -0.2) is 11.7 Å². The predicted molar refractivity (Wildman–Crippen MR) is 40.6 cm³/mol. The normalized spacial score (nSPS) is 40.5. The molecule has 0 aromatic rings. The van der Waals surface area contributed by atoms with Gasteiger partial charge in [0.05, 0.1) is 0 Å². The van der Waals surface area contributed by atoms with Gasteiger partial charge in [0.2, 0.25) is 0 Å². The molecule has 2 aliphatic rings. The number of rotatable bonds is 2. The van der Waals surface area contributed by atoms with Crippen LogP contribution in [0.3, 0.4) is 0 Å². The molecule has 10 heavy (non-hydrogen) atoms. The van der Waals surface area contributed by atoms with Gasteiger partial charge in [-0.15, -0.1) is 0 Å². The number of aliphatic hydroxyl groups is 1. The lowest BCUT2D eigenvalue weighted by Gasteiger charge is -2.05. The first kappa shape index (κ1) is 6.66. The Kier molecular flexibility index (Phi) is 1.69. The quantitative estimate of drug-likeness (QED) is 0.620. The lowest BCUT2D eigenvalue weighted by atomic mass is 10.0. The van der Waals surface area contributed by atoms with Crippen LogP contribution in [0.5, 0.6) is 0 Å². The van der Waals surface area contributed by atoms with Gasteiger partial charge in [-0.25, -0.2) is 0 Å². The molecular weight excluding hydrogens is 124 g/mol. The van der Waals surface area contributed by atoms with Crippen molar-refractivity contribution < 1.29 is 5.11 Å². The van der Waals surface area contributed by atoms with Crippen LogP contribution in [0.15, 0.2) is 0 Å². The van der Waals surface area contributed by atoms with Crippen LogP contribution in [0.4, 0.5) is 0 Å². The van der Waals surface area contributed by atoms with Gasteiger partial charge in [-0.05, 0) is 24.2 Å². The summed E-state index contributed by atoms with van der Waals surface area (Å²) in [5, 5.41) is 8.84. The highest BCUT2D eigenvalue weighted by molar-refractivity contribution is 4.92. The predicted octanol–water partition coefficient (Wildman–Crippen LogP) is 1.80. The van der Waals surface area contributed by atoms with Gasteiger partial charge in [0.25, 0.3) is 0 Å². The Bertz CT molecular complexity index is 116. The van der Waals surface area contributed by atoms with E-state index in [-0.39, 0.29) is 0 Å². The summed E-state index contributed by atoms with van der Waals surface area (Å²) in [6.45, 7) is 0.446. The van der Waals surface area contributed by atoms with Crippen molar-refractivity contribution in [1.82, 2.24) is 0 Å². The zero-order chi connectivity index (χ0) is 6.97. The van der Waals surface area contributed by atoms with Gasteiger partial charge in [0.1, 0.15) is 0 Å². The Morgan fingerprint density at radius 3 is 2.40 bits per heavy atom. The Morgan fingerprint density at radius 1 is 1.20 bits per heavy atom. The average Bonchev–Trinajstić information content (AvgIpc) is 2.56. The van der Waals surface area contributed by atoms with Crippen molar-refractivity contribution in [1.29, 1.82) is 0 Å². The molecule has 2 rings (SSSR count). The van der Waals surface area contributed by atoms with E-state index in [4.69, 9.17) is 5.11 Å². The number of hydrogen-bond donors (Lipinski definition) is 1. The minimum Gasteiger partial charge on any atom is -0.396 e. The molecule has 0 aromatic carbocycles. The van der Waals surface area contributed by atoms with Gasteiger partial charge in [-0.1, -0.05) is 25.7 Å². The van der Waals surface area contributed by atoms with Crippen molar-refractivity contribution in [3.8, 4) is 0 Å². The molecule has 0 aliphatic heterocycles. The lowest BCUT2D eigenvalue weighted by Crippen LogP contribution is -1.99. The molecule has 0 aromatic heterocycles. The second kappa shape index (κ2) is 2.54. The van der Waals surface area contributed by atoms with Crippen LogP contribution in [0.1, 0.15) is 32.1 Å². The Hall–Kier alpha value is -0.0400. The van der Waals surface area contributed by atoms with E-state index in [0.717, 1.165) is 11.8 Å². The van der Waals surface area contributed by atoms with E-state index in [1.165, 1.54) is 32.1 Å². The third-order valence-corrected chi connectivity index (χ3v) is 3.22. The first-order valence-corrected chi connectivity index (χ1v) is 4.52. The summed E-state index contributed by atoms with van der Waals surface area (Å²) in [5.74, 6) is 2.62. The molecule has 2 fully saturated rings. The first-order chi connectivity index (χ1) is 4.92. The molecule has 1 heteroatoms. The van der Waals surface area contributed by atoms with Crippen molar-refractivity contribution >= 4 is 0 Å². The maximum atomic E-state index is 8.84. The molecule has 58 valence electrons. The molecule has 1 N–H and O–H groups in total. The molecule has 0 spiro atoms. The van der Waals surface area contributed by atoms with Crippen molar-refractivity contribution in [3.05, 3.63) is 0 Å². The summed E-state index contributed by atoms with van der Waals surface area (Å²) in [5.41, 5.74) is 0. The molecule has 1 nitrogen and oxygen atoms in total. The maximum Gasteiger partial charge on any atom is 0.0462 e. The third kappa shape index (κ3) is 1.07. The highest BCUT2D eigenvalue weighted by Crippen LogP contribution is 2.49. The fourth-order valence-corrected chi connectivity index (χ4v) is 2.44. The standard InChI is InChI=1S/C9H16O/c10-6-8-5-9(8)7-3-1-2-4-7/h7-10H,1-6H2. The molecule has 0 amide bonds. The SMILES string of the molecule is OCC1CC1C1CCCC1. The van der Waals surface area contributed by atoms with E-state index in [2.05, 4.69) is 0 Å². The molecule has 0 saturated heterocycles. The topological polar surface area (TPSA) is 20.2 Å². The van der Waals surface area contributed by atoms with Gasteiger partial charge in [-0.3, -0.25) is 0 Å². The average molecular weight is 140 g/mol. The molecule has 2 atom stereocenters. The van der Waals surface area contributed by atoms with E-state index in [0.29, 0.717) is 12.5 Å². The smallest absolute Gasteiger partial charge is 0.0462 e. The van der Waals surface area contributed by atoms with Crippen LogP contribution in [0, 0.1) is 17.8 Å². The molecule has 2 saturated carbocycles. The molecule has 2 aliphatic carbocycles. The Balaban J connectivity index is 1.79. The number of hydrogen-bond acceptors (Lipinski definition) is 1. The second-order valence-corrected chi connectivity index (χ2v) is 3.89. The molecular formula is C9H16O. The lowest BCUT2D eigenvalue weighted by molar-refractivity contribution is 0.258. The minimum absolute atomic E-state index is 0.446. The third-order valence-electron chi connectivity index (χ3n) is 3.22. The van der Waals surface area contributed by atoms with Crippen molar-refractivity contribution in [2.75, 3.05) is 6.61 Å². The van der Waals surface area contributed by atoms with Gasteiger partial charge in [0.15, 0.2) is 0 Å². The fraction of sp³-hybridized carbons (Fsp3) is 1.00. The van der Waals surface area contributed by atoms with Gasteiger partial charge in [-0.2, -0.15) is 0 Å². The largest absolute Gasteiger partial charge is 0.396 e. The zero-order valence-corrected chi connectivity index (χ0v) is 6.42. The summed E-state index contributed by atoms with van der Waals surface area (Å²) >= 11 is 0. The highest BCUT2D eigenvalue weighted by atomic mass is 16.3. The Morgan fingerprint density at radius 2 is 1.90 bits per heavy atom. The van der Waals surface area contributed by atoms with E-state index < -0.39 is 0 Å². The highest BCUT2D eigenvalue weighted by Gasteiger charge is 2.42. The van der Waals surface area contributed by atoms with E-state index in [9.17, 15) is 0 Å². The van der Waals surface area contributed by atoms with Gasteiger partial charge < -0.3 is 5.11 Å². The van der Waals surface area contributed by atoms with Crippen molar-refractivity contribution in [3.63, 3.8) is 0 Å². The molecule has 0 radical (unpaired) electrons. The van der Waals surface area contributed by atoms with Crippen LogP contribution >= 0.6 is 0 Å². The van der Waals surface area contributed by atoms with Crippen LogP contribution in [0.2, 0.25) is 0 Å². The van der Waals surface area contributed by atoms with Crippen LogP contribution in [-0.2, 0) is 0 Å². The molecule has 0 heterocycles. The summed E-state index contributed by atoms with van der Waals surface area (Å²) < 4.78 is 0. The van der Waals surface area contributed by atoms with Crippen LogP contribution in [0.25, 0.3) is 0 Å². The van der Waals surface area contributed by atoms with Crippen molar-refractivity contribution in [2.45, 2.75) is 32.1 Å². The second-order valence-electron chi connectivity index (χ2n) is 3.89. The molecule has 0 bridgehead atoms. The van der Waals surface area contributed by atoms with Crippen LogP contribution < -0.4 is 0 Å². The summed E-state index contributed by atoms with van der Waals surface area (Å²) in [4.78, 5) is 0. The Labute approximate surface area is 62.4 Å². The number of aliphatic hydroxyl groups excluding tert-OH is 1. The minimum atomic E-state index is 0.446. The summed E-state index contributed by atoms with van der Waals surface area (Å²) in [6.07, 6.45) is 7.10. The summed E-state index contributed by atoms with van der Waals surface area (Å²) in [7, 11) is 0. The van der Waals surface area contributed by atoms with E-state index in [1.807, 2.05) is 0 Å². The van der Waals surface area contributed by atoms with Crippen molar-refractivity contribution in [2.24, 2.45) is 17.8 Å². The summed E-state index contributed by atoms with van der Waals surface area (Å²) in [6, 6.07) is 0. The zero-order valence-electron chi connectivity index (χ0n) is 6.42. The molecule has 2 unspecified atom stereocenters. The van der Waals surface area contributed by atoms with E-state index in [1.54, 1.807) is 0 Å². The fourth-order valence-electron chi connectivity index (χ4n) is 2.44. The monoisotopic (exact) mass is 140 g/mol. The maximum absolute atomic E-state index is 8.84. The van der Waals surface area contributed by atoms with E-state index >= 15 is 0 Å². The van der Waals surface area contributed by atoms with Gasteiger partial charge >= 0.3 is 0 Å². The first-order valence-electron chi connectivity index (χ1n) is 4.52. The van der Waals surface area contributed by atoms with Gasteiger partial charge in [0, 0.05) is 6.61 Å².